The minimum Gasteiger partial charge on any atom is -0.467 e. The molecule has 1 spiro atoms. The third-order valence-electron chi connectivity index (χ3n) is 8.78. The van der Waals surface area contributed by atoms with Gasteiger partial charge in [-0.2, -0.15) is 0 Å². The second-order valence-corrected chi connectivity index (χ2v) is 10.9. The molecule has 34 heavy (non-hydrogen) atoms. The SMILES string of the molecule is COC(=O)[C@@]12CC[C@@]3(c4cc5c(cc4CC3C[C@@H](C)CO)OCO5)C(C1)c1c(Cl)cccc1N2. The summed E-state index contributed by atoms with van der Waals surface area (Å²) in [5.74, 6) is 1.87. The quantitative estimate of drug-likeness (QED) is 0.608. The predicted molar refractivity (Wildman–Crippen MR) is 129 cm³/mol. The first-order valence-electron chi connectivity index (χ1n) is 12.1. The Labute approximate surface area is 204 Å². The summed E-state index contributed by atoms with van der Waals surface area (Å²) in [5, 5.41) is 14.2. The Morgan fingerprint density at radius 3 is 2.85 bits per heavy atom. The summed E-state index contributed by atoms with van der Waals surface area (Å²) in [7, 11) is 1.46. The number of rotatable bonds is 4. The average molecular weight is 484 g/mol. The van der Waals surface area contributed by atoms with Crippen LogP contribution in [0.2, 0.25) is 5.02 Å². The number of carbonyl (C=O) groups is 1. The van der Waals surface area contributed by atoms with Gasteiger partial charge >= 0.3 is 5.97 Å². The number of aliphatic hydroxyl groups excluding tert-OH is 1. The van der Waals surface area contributed by atoms with E-state index in [1.807, 2.05) is 18.2 Å². The Morgan fingerprint density at radius 2 is 2.09 bits per heavy atom. The van der Waals surface area contributed by atoms with Crippen LogP contribution < -0.4 is 14.8 Å². The molecule has 2 heterocycles. The lowest BCUT2D eigenvalue weighted by atomic mass is 9.51. The highest BCUT2D eigenvalue weighted by atomic mass is 35.5. The zero-order valence-electron chi connectivity index (χ0n) is 19.5. The lowest BCUT2D eigenvalue weighted by Gasteiger charge is -2.56. The predicted octanol–water partition coefficient (Wildman–Crippen LogP) is 4.80. The fourth-order valence-corrected chi connectivity index (χ4v) is 7.61. The van der Waals surface area contributed by atoms with Crippen LogP contribution in [0.5, 0.6) is 11.5 Å². The van der Waals surface area contributed by atoms with E-state index in [0.29, 0.717) is 18.8 Å². The Morgan fingerprint density at radius 1 is 1.29 bits per heavy atom. The van der Waals surface area contributed by atoms with Crippen molar-refractivity contribution in [2.45, 2.75) is 55.9 Å². The van der Waals surface area contributed by atoms with Gasteiger partial charge in [-0.1, -0.05) is 24.6 Å². The van der Waals surface area contributed by atoms with Gasteiger partial charge in [-0.25, -0.2) is 4.79 Å². The van der Waals surface area contributed by atoms with Crippen molar-refractivity contribution >= 4 is 23.3 Å². The van der Waals surface area contributed by atoms with E-state index < -0.39 is 5.54 Å². The third-order valence-corrected chi connectivity index (χ3v) is 9.11. The number of fused-ring (bicyclic) bond motifs is 8. The van der Waals surface area contributed by atoms with Gasteiger partial charge in [-0.15, -0.1) is 0 Å². The number of halogens is 1. The van der Waals surface area contributed by atoms with Crippen molar-refractivity contribution in [3.05, 3.63) is 52.0 Å². The average Bonchev–Trinajstić information content (AvgIpc) is 3.41. The van der Waals surface area contributed by atoms with E-state index in [0.717, 1.165) is 47.0 Å². The molecule has 180 valence electrons. The van der Waals surface area contributed by atoms with Crippen LogP contribution in [0.3, 0.4) is 0 Å². The van der Waals surface area contributed by atoms with E-state index in [-0.39, 0.29) is 36.6 Å². The van der Waals surface area contributed by atoms with Gasteiger partial charge in [0.05, 0.1) is 7.11 Å². The van der Waals surface area contributed by atoms with E-state index in [1.54, 1.807) is 0 Å². The van der Waals surface area contributed by atoms with Crippen molar-refractivity contribution in [2.75, 3.05) is 25.8 Å². The Balaban J connectivity index is 1.57. The molecule has 6 nitrogen and oxygen atoms in total. The van der Waals surface area contributed by atoms with Crippen LogP contribution in [0, 0.1) is 11.8 Å². The summed E-state index contributed by atoms with van der Waals surface area (Å²) in [6.45, 7) is 2.50. The fraction of sp³-hybridized carbons (Fsp3) is 0.519. The van der Waals surface area contributed by atoms with Crippen molar-refractivity contribution in [2.24, 2.45) is 11.8 Å². The van der Waals surface area contributed by atoms with Gasteiger partial charge in [0.1, 0.15) is 5.54 Å². The summed E-state index contributed by atoms with van der Waals surface area (Å²) in [5.41, 5.74) is 3.56. The molecule has 0 radical (unpaired) electrons. The molecule has 6 rings (SSSR count). The molecule has 1 saturated carbocycles. The van der Waals surface area contributed by atoms with Crippen molar-refractivity contribution in [1.82, 2.24) is 0 Å². The van der Waals surface area contributed by atoms with Crippen molar-refractivity contribution in [1.29, 1.82) is 0 Å². The van der Waals surface area contributed by atoms with Crippen LogP contribution >= 0.6 is 11.6 Å². The first-order valence-corrected chi connectivity index (χ1v) is 12.5. The van der Waals surface area contributed by atoms with Gasteiger partial charge in [0, 0.05) is 28.6 Å². The van der Waals surface area contributed by atoms with Gasteiger partial charge in [-0.3, -0.25) is 0 Å². The molecule has 2 unspecified atom stereocenters. The van der Waals surface area contributed by atoms with E-state index in [9.17, 15) is 9.90 Å². The molecule has 2 aromatic carbocycles. The molecule has 2 aromatic rings. The highest BCUT2D eigenvalue weighted by Crippen LogP contribution is 2.66. The number of benzene rings is 2. The molecule has 1 fully saturated rings. The van der Waals surface area contributed by atoms with E-state index in [1.165, 1.54) is 18.2 Å². The number of nitrogens with one attached hydrogen (secondary N) is 1. The zero-order valence-corrected chi connectivity index (χ0v) is 20.3. The highest BCUT2D eigenvalue weighted by molar-refractivity contribution is 6.32. The summed E-state index contributed by atoms with van der Waals surface area (Å²) < 4.78 is 16.8. The van der Waals surface area contributed by atoms with Gasteiger partial charge in [0.25, 0.3) is 0 Å². The zero-order chi connectivity index (χ0) is 23.7. The number of methoxy groups -OCH3 is 1. The van der Waals surface area contributed by atoms with E-state index >= 15 is 0 Å². The molecule has 0 saturated heterocycles. The maximum absolute atomic E-state index is 13.1. The van der Waals surface area contributed by atoms with Gasteiger partial charge in [-0.05, 0) is 84.9 Å². The number of aliphatic hydroxyl groups is 1. The first kappa shape index (κ1) is 22.1. The normalized spacial score (nSPS) is 30.9. The molecule has 5 atom stereocenters. The van der Waals surface area contributed by atoms with Crippen molar-refractivity contribution in [3.8, 4) is 11.5 Å². The monoisotopic (exact) mass is 483 g/mol. The number of esters is 1. The Kier molecular flexibility index (Phi) is 5.05. The molecule has 0 amide bonds. The molecule has 0 aromatic heterocycles. The molecule has 2 N–H and O–H groups in total. The molecular weight excluding hydrogens is 454 g/mol. The summed E-state index contributed by atoms with van der Waals surface area (Å²) >= 11 is 6.87. The summed E-state index contributed by atoms with van der Waals surface area (Å²) in [4.78, 5) is 13.1. The number of hydrogen-bond donors (Lipinski definition) is 2. The second kappa shape index (κ2) is 7.79. The minimum atomic E-state index is -0.769. The van der Waals surface area contributed by atoms with Crippen LogP contribution in [-0.2, 0) is 21.4 Å². The highest BCUT2D eigenvalue weighted by Gasteiger charge is 2.62. The molecule has 4 aliphatic rings. The maximum atomic E-state index is 13.1. The van der Waals surface area contributed by atoms with Crippen molar-refractivity contribution < 1.29 is 24.1 Å². The number of carbonyl (C=O) groups excluding carboxylic acids is 1. The smallest absolute Gasteiger partial charge is 0.331 e. The lowest BCUT2D eigenvalue weighted by molar-refractivity contribution is -0.148. The molecule has 2 bridgehead atoms. The maximum Gasteiger partial charge on any atom is 0.331 e. The summed E-state index contributed by atoms with van der Waals surface area (Å²) in [6, 6.07) is 10.2. The first-order chi connectivity index (χ1) is 16.4. The van der Waals surface area contributed by atoms with E-state index in [2.05, 4.69) is 24.4 Å². The Bertz CT molecular complexity index is 1170. The van der Waals surface area contributed by atoms with Gasteiger partial charge < -0.3 is 24.6 Å². The molecular formula is C27H30ClNO5. The van der Waals surface area contributed by atoms with Crippen molar-refractivity contribution in [3.63, 3.8) is 0 Å². The third kappa shape index (κ3) is 2.94. The van der Waals surface area contributed by atoms with Crippen LogP contribution in [0.25, 0.3) is 0 Å². The van der Waals surface area contributed by atoms with Crippen LogP contribution in [0.4, 0.5) is 5.69 Å². The van der Waals surface area contributed by atoms with Crippen LogP contribution in [0.1, 0.15) is 55.2 Å². The number of hydrogen-bond acceptors (Lipinski definition) is 6. The number of ether oxygens (including phenoxy) is 3. The summed E-state index contributed by atoms with van der Waals surface area (Å²) in [6.07, 6.45) is 3.91. The van der Waals surface area contributed by atoms with Crippen LogP contribution in [-0.4, -0.2) is 37.1 Å². The van der Waals surface area contributed by atoms with Crippen LogP contribution in [0.15, 0.2) is 30.3 Å². The second-order valence-electron chi connectivity index (χ2n) is 10.5. The molecule has 2 aliphatic heterocycles. The standard InChI is InChI=1S/C27H30ClNO5/c1-15(13-30)8-17-9-16-10-22-23(34-14-33-22)11-18(16)27(17)7-6-26(25(31)32-2)12-19(27)24-20(28)4-3-5-21(24)29-26/h3-5,10-11,15,17,19,29-30H,6-9,12-14H2,1-2H3/t15-,17?,19?,26-,27-/m1/s1. The Hall–Kier alpha value is -2.44. The minimum absolute atomic E-state index is 0.0304. The van der Waals surface area contributed by atoms with Gasteiger partial charge in [0.2, 0.25) is 6.79 Å². The lowest BCUT2D eigenvalue weighted by Crippen LogP contribution is -2.59. The van der Waals surface area contributed by atoms with E-state index in [4.69, 9.17) is 25.8 Å². The molecule has 7 heteroatoms. The largest absolute Gasteiger partial charge is 0.467 e. The topological polar surface area (TPSA) is 77.0 Å². The van der Waals surface area contributed by atoms with Gasteiger partial charge in [0.15, 0.2) is 11.5 Å². The fourth-order valence-electron chi connectivity index (χ4n) is 7.31. The molecule has 2 aliphatic carbocycles. The number of anilines is 1.